The van der Waals surface area contributed by atoms with Crippen molar-refractivity contribution in [2.45, 2.75) is 98.5 Å². The molecule has 0 amide bonds. The highest BCUT2D eigenvalue weighted by atomic mass is 28.3. The van der Waals surface area contributed by atoms with Crippen LogP contribution in [0.3, 0.4) is 0 Å². The Morgan fingerprint density at radius 3 is 2.09 bits per heavy atom. The van der Waals surface area contributed by atoms with E-state index in [-0.39, 0.29) is 16.6 Å². The lowest BCUT2D eigenvalue weighted by Gasteiger charge is -2.61. The third-order valence-corrected chi connectivity index (χ3v) is 11.9. The number of allylic oxidation sites excluding steroid dienone is 1. The molecule has 196 valence electrons. The Kier molecular flexibility index (Phi) is 9.11. The molecule has 6 nitrogen and oxygen atoms in total. The van der Waals surface area contributed by atoms with Crippen LogP contribution in [0.15, 0.2) is 11.8 Å². The molecule has 7 heteroatoms. The lowest BCUT2D eigenvalue weighted by Crippen LogP contribution is -2.56. The number of hydrogen-bond donors (Lipinski definition) is 2. The molecule has 0 bridgehead atoms. The highest BCUT2D eigenvalue weighted by Crippen LogP contribution is 2.68. The SMILES string of the molecule is CCO[SiH](OCC)OCC.C[C@]12C/C(=C/O)C(=O)C[C@@H]1CC[C@@H]1[C@@H]2CC[C@@]2(C)[C@H]1CC[C@]2(C)O. The fourth-order valence-corrected chi connectivity index (χ4v) is 9.03. The molecule has 0 unspecified atom stereocenters. The monoisotopic (exact) mass is 496 g/mol. The van der Waals surface area contributed by atoms with Crippen LogP contribution < -0.4 is 0 Å². The van der Waals surface area contributed by atoms with Gasteiger partial charge in [-0.3, -0.25) is 4.79 Å². The first-order valence-electron chi connectivity index (χ1n) is 13.5. The molecular weight excluding hydrogens is 448 g/mol. The van der Waals surface area contributed by atoms with Gasteiger partial charge in [0.05, 0.1) is 11.9 Å². The number of ketones is 1. The van der Waals surface area contributed by atoms with Crippen LogP contribution in [0.5, 0.6) is 0 Å². The van der Waals surface area contributed by atoms with Gasteiger partial charge in [-0.1, -0.05) is 13.8 Å². The first-order valence-corrected chi connectivity index (χ1v) is 14.9. The summed E-state index contributed by atoms with van der Waals surface area (Å²) in [5.74, 6) is 2.55. The Balaban J connectivity index is 0.000000277. The molecule has 2 N–H and O–H groups in total. The lowest BCUT2D eigenvalue weighted by atomic mass is 9.44. The van der Waals surface area contributed by atoms with E-state index in [1.54, 1.807) is 0 Å². The normalized spacial score (nSPS) is 42.6. The number of Topliss-reactive ketones (excluding diaryl/α,β-unsaturated/α-hetero) is 1. The van der Waals surface area contributed by atoms with Gasteiger partial charge in [0.1, 0.15) is 0 Å². The zero-order valence-electron chi connectivity index (χ0n) is 22.3. The molecule has 34 heavy (non-hydrogen) atoms. The van der Waals surface area contributed by atoms with Crippen LogP contribution in [-0.4, -0.2) is 50.9 Å². The number of fused-ring (bicyclic) bond motifs is 5. The van der Waals surface area contributed by atoms with Crippen LogP contribution in [0.2, 0.25) is 0 Å². The number of carbonyl (C=O) groups is 1. The molecule has 0 spiro atoms. The van der Waals surface area contributed by atoms with Crippen molar-refractivity contribution < 1.29 is 28.3 Å². The topological polar surface area (TPSA) is 85.2 Å². The van der Waals surface area contributed by atoms with E-state index < -0.39 is 15.1 Å². The molecule has 7 atom stereocenters. The third-order valence-electron chi connectivity index (χ3n) is 10.1. The second kappa shape index (κ2) is 11.1. The Bertz CT molecular complexity index is 724. The zero-order chi connectivity index (χ0) is 25.1. The Hall–Kier alpha value is -0.733. The van der Waals surface area contributed by atoms with E-state index in [2.05, 4.69) is 13.8 Å². The lowest BCUT2D eigenvalue weighted by molar-refractivity contribution is -0.147. The molecule has 4 saturated carbocycles. The van der Waals surface area contributed by atoms with Crippen molar-refractivity contribution in [3.63, 3.8) is 0 Å². The first-order chi connectivity index (χ1) is 16.1. The average molecular weight is 497 g/mol. The van der Waals surface area contributed by atoms with Crippen LogP contribution in [0, 0.1) is 34.5 Å². The summed E-state index contributed by atoms with van der Waals surface area (Å²) in [4.78, 5) is 12.2. The summed E-state index contributed by atoms with van der Waals surface area (Å²) in [6.45, 7) is 14.6. The van der Waals surface area contributed by atoms with E-state index >= 15 is 0 Å². The summed E-state index contributed by atoms with van der Waals surface area (Å²) in [5, 5.41) is 20.5. The van der Waals surface area contributed by atoms with Gasteiger partial charge in [0, 0.05) is 31.8 Å². The van der Waals surface area contributed by atoms with Crippen molar-refractivity contribution in [1.29, 1.82) is 0 Å². The maximum atomic E-state index is 12.2. The number of carbonyl (C=O) groups excluding carboxylic acids is 1. The van der Waals surface area contributed by atoms with Crippen molar-refractivity contribution in [2.24, 2.45) is 34.5 Å². The molecule has 0 saturated heterocycles. The molecule has 0 heterocycles. The van der Waals surface area contributed by atoms with E-state index in [1.165, 1.54) is 6.42 Å². The number of aliphatic hydroxyl groups excluding tert-OH is 1. The van der Waals surface area contributed by atoms with Gasteiger partial charge < -0.3 is 23.5 Å². The third kappa shape index (κ3) is 5.06. The van der Waals surface area contributed by atoms with Crippen molar-refractivity contribution in [3.8, 4) is 0 Å². The standard InChI is InChI=1S/C21H32O3.C6H16O3Si/c1-19-11-13(12-22)18(23)10-14(19)4-5-15-16(19)6-8-20(2)17(15)7-9-21(20,3)24;1-4-7-10(8-5-2)9-6-3/h12,14-17,22,24H,4-11H2,1-3H3;10H,4-6H2,1-3H3/b13-12-;/t14-,15+,16-,17-,19-,20-,21-;/m0./s1. The van der Waals surface area contributed by atoms with Crippen LogP contribution in [0.1, 0.15) is 92.9 Å². The smallest absolute Gasteiger partial charge is 0.484 e. The predicted molar refractivity (Wildman–Crippen MR) is 135 cm³/mol. The van der Waals surface area contributed by atoms with E-state index in [0.717, 1.165) is 44.8 Å². The number of aliphatic hydroxyl groups is 2. The predicted octanol–water partition coefficient (Wildman–Crippen LogP) is 5.21. The highest BCUT2D eigenvalue weighted by molar-refractivity contribution is 6.36. The van der Waals surface area contributed by atoms with Gasteiger partial charge in [-0.05, 0) is 107 Å². The highest BCUT2D eigenvalue weighted by Gasteiger charge is 2.63. The molecule has 4 aliphatic carbocycles. The molecule has 4 fully saturated rings. The quantitative estimate of drug-likeness (QED) is 0.298. The molecule has 0 aromatic heterocycles. The van der Waals surface area contributed by atoms with E-state index in [4.69, 9.17) is 13.3 Å². The van der Waals surface area contributed by atoms with Gasteiger partial charge >= 0.3 is 9.53 Å². The second-order valence-electron chi connectivity index (χ2n) is 11.5. The van der Waals surface area contributed by atoms with Gasteiger partial charge in [0.2, 0.25) is 0 Å². The maximum absolute atomic E-state index is 12.2. The van der Waals surface area contributed by atoms with Gasteiger partial charge in [-0.2, -0.15) is 0 Å². The minimum Gasteiger partial charge on any atom is -0.515 e. The van der Waals surface area contributed by atoms with Crippen molar-refractivity contribution >= 4 is 15.3 Å². The molecule has 4 aliphatic rings. The summed E-state index contributed by atoms with van der Waals surface area (Å²) >= 11 is 0. The Morgan fingerprint density at radius 1 is 0.941 bits per heavy atom. The first kappa shape index (κ1) is 27.8. The van der Waals surface area contributed by atoms with Gasteiger partial charge in [-0.15, -0.1) is 0 Å². The fraction of sp³-hybridized carbons (Fsp3) is 0.889. The Labute approximate surface area is 208 Å². The van der Waals surface area contributed by atoms with Crippen LogP contribution in [0.4, 0.5) is 0 Å². The number of rotatable bonds is 6. The molecule has 0 aromatic carbocycles. The largest absolute Gasteiger partial charge is 0.515 e. The van der Waals surface area contributed by atoms with Crippen LogP contribution in [-0.2, 0) is 18.1 Å². The van der Waals surface area contributed by atoms with E-state index in [1.807, 2.05) is 27.7 Å². The van der Waals surface area contributed by atoms with E-state index in [0.29, 0.717) is 55.5 Å². The summed E-state index contributed by atoms with van der Waals surface area (Å²) < 4.78 is 15.7. The fourth-order valence-electron chi connectivity index (χ4n) is 7.92. The molecule has 0 radical (unpaired) electrons. The van der Waals surface area contributed by atoms with Crippen molar-refractivity contribution in [3.05, 3.63) is 11.8 Å². The summed E-state index contributed by atoms with van der Waals surface area (Å²) in [6, 6.07) is 0. The van der Waals surface area contributed by atoms with Crippen LogP contribution >= 0.6 is 0 Å². The molecule has 0 aliphatic heterocycles. The van der Waals surface area contributed by atoms with Gasteiger partial charge in [0.15, 0.2) is 5.78 Å². The maximum Gasteiger partial charge on any atom is 0.484 e. The zero-order valence-corrected chi connectivity index (χ0v) is 23.4. The summed E-state index contributed by atoms with van der Waals surface area (Å²) in [5.41, 5.74) is 0.304. The minimum absolute atomic E-state index is 0.0531. The minimum atomic E-state index is -1.73. The van der Waals surface area contributed by atoms with Gasteiger partial charge in [-0.25, -0.2) is 0 Å². The molecule has 4 rings (SSSR count). The number of hydrogen-bond acceptors (Lipinski definition) is 6. The Morgan fingerprint density at radius 2 is 1.53 bits per heavy atom. The molecular formula is C27H48O6Si. The van der Waals surface area contributed by atoms with E-state index in [9.17, 15) is 15.0 Å². The van der Waals surface area contributed by atoms with Crippen molar-refractivity contribution in [1.82, 2.24) is 0 Å². The molecule has 0 aromatic rings. The summed E-state index contributed by atoms with van der Waals surface area (Å²) in [6.07, 6.45) is 9.11. The average Bonchev–Trinajstić information content (AvgIpc) is 3.04. The summed E-state index contributed by atoms with van der Waals surface area (Å²) in [7, 11) is -1.73. The second-order valence-corrected chi connectivity index (χ2v) is 13.1. The van der Waals surface area contributed by atoms with Gasteiger partial charge in [0.25, 0.3) is 0 Å². The van der Waals surface area contributed by atoms with Crippen molar-refractivity contribution in [2.75, 3.05) is 19.8 Å². The van der Waals surface area contributed by atoms with Crippen LogP contribution in [0.25, 0.3) is 0 Å².